The lowest BCUT2D eigenvalue weighted by Crippen LogP contribution is -2.46. The number of nitrogens with one attached hydrogen (secondary N) is 1. The topological polar surface area (TPSA) is 95.9 Å². The molecule has 0 bridgehead atoms. The molecule has 2 N–H and O–H groups in total. The lowest BCUT2D eigenvalue weighted by molar-refractivity contribution is -0.139. The number of thioether (sulfide) groups is 1. The van der Waals surface area contributed by atoms with Gasteiger partial charge in [-0.05, 0) is 41.5 Å². The summed E-state index contributed by atoms with van der Waals surface area (Å²) < 4.78 is 5.64. The maximum absolute atomic E-state index is 12.9. The molecule has 3 aliphatic rings. The van der Waals surface area contributed by atoms with Crippen LogP contribution in [-0.2, 0) is 14.3 Å². The van der Waals surface area contributed by atoms with Gasteiger partial charge in [-0.3, -0.25) is 9.59 Å². The average molecular weight is 481 g/mol. The minimum atomic E-state index is -0.872. The van der Waals surface area contributed by atoms with Gasteiger partial charge in [0.05, 0.1) is 0 Å². The van der Waals surface area contributed by atoms with Gasteiger partial charge in [0.1, 0.15) is 11.9 Å². The lowest BCUT2D eigenvalue weighted by atomic mass is 9.98. The SMILES string of the molecule is O=C(N[C@H]1CC[C@@H](C(=O)N2CCSC(C(=O)O)C2)C1)OCC1c2ccccc2-c2ccccc21. The Morgan fingerprint density at radius 2 is 1.71 bits per heavy atom. The molecule has 8 heteroatoms. The molecule has 2 amide bonds. The van der Waals surface area contributed by atoms with Crippen molar-refractivity contribution in [3.05, 3.63) is 59.7 Å². The van der Waals surface area contributed by atoms with E-state index in [0.717, 1.165) is 0 Å². The predicted molar refractivity (Wildman–Crippen MR) is 130 cm³/mol. The molecule has 3 atom stereocenters. The number of carbonyl (C=O) groups is 3. The Morgan fingerprint density at radius 1 is 1.03 bits per heavy atom. The largest absolute Gasteiger partial charge is 0.480 e. The Labute approximate surface area is 202 Å². The number of nitrogens with zero attached hydrogens (tertiary/aromatic N) is 1. The predicted octanol–water partition coefficient (Wildman–Crippen LogP) is 3.72. The Hall–Kier alpha value is -3.00. The molecule has 178 valence electrons. The van der Waals surface area contributed by atoms with Gasteiger partial charge in [0, 0.05) is 36.7 Å². The smallest absolute Gasteiger partial charge is 0.407 e. The van der Waals surface area contributed by atoms with E-state index in [-0.39, 0.29) is 36.9 Å². The maximum atomic E-state index is 12.9. The van der Waals surface area contributed by atoms with E-state index in [4.69, 9.17) is 4.74 Å². The molecule has 2 fully saturated rings. The molecule has 5 rings (SSSR count). The minimum Gasteiger partial charge on any atom is -0.480 e. The van der Waals surface area contributed by atoms with Crippen LogP contribution in [0.3, 0.4) is 0 Å². The highest BCUT2D eigenvalue weighted by molar-refractivity contribution is 8.00. The summed E-state index contributed by atoms with van der Waals surface area (Å²) in [6.07, 6.45) is 1.50. The second kappa shape index (κ2) is 9.70. The molecular formula is C26H28N2O5S. The van der Waals surface area contributed by atoms with Crippen LogP contribution < -0.4 is 5.32 Å². The van der Waals surface area contributed by atoms with E-state index < -0.39 is 17.3 Å². The third kappa shape index (κ3) is 4.51. The molecule has 0 radical (unpaired) electrons. The number of benzene rings is 2. The van der Waals surface area contributed by atoms with E-state index >= 15 is 0 Å². The fraction of sp³-hybridized carbons (Fsp3) is 0.423. The number of hydrogen-bond acceptors (Lipinski definition) is 5. The first kappa shape index (κ1) is 22.8. The van der Waals surface area contributed by atoms with Crippen LogP contribution in [0.15, 0.2) is 48.5 Å². The molecule has 0 spiro atoms. The molecule has 2 aromatic carbocycles. The third-order valence-electron chi connectivity index (χ3n) is 7.10. The first-order valence-corrected chi connectivity index (χ1v) is 12.8. The summed E-state index contributed by atoms with van der Waals surface area (Å²) in [4.78, 5) is 38.5. The van der Waals surface area contributed by atoms with Crippen molar-refractivity contribution in [2.75, 3.05) is 25.4 Å². The summed E-state index contributed by atoms with van der Waals surface area (Å²) in [6, 6.07) is 16.3. The minimum absolute atomic E-state index is 0.00314. The van der Waals surface area contributed by atoms with Gasteiger partial charge in [0.2, 0.25) is 5.91 Å². The van der Waals surface area contributed by atoms with E-state index in [1.165, 1.54) is 34.0 Å². The lowest BCUT2D eigenvalue weighted by Gasteiger charge is -2.32. The van der Waals surface area contributed by atoms with E-state index in [9.17, 15) is 19.5 Å². The van der Waals surface area contributed by atoms with Gasteiger partial charge in [-0.2, -0.15) is 0 Å². The van der Waals surface area contributed by atoms with Crippen molar-refractivity contribution in [3.8, 4) is 11.1 Å². The zero-order valence-electron chi connectivity index (χ0n) is 18.8. The normalized spacial score (nSPS) is 23.8. The van der Waals surface area contributed by atoms with Gasteiger partial charge < -0.3 is 20.1 Å². The van der Waals surface area contributed by atoms with Crippen molar-refractivity contribution in [2.45, 2.75) is 36.5 Å². The highest BCUT2D eigenvalue weighted by Crippen LogP contribution is 2.44. The van der Waals surface area contributed by atoms with Crippen LogP contribution in [-0.4, -0.2) is 64.7 Å². The van der Waals surface area contributed by atoms with Crippen molar-refractivity contribution in [1.82, 2.24) is 10.2 Å². The molecule has 34 heavy (non-hydrogen) atoms. The number of ether oxygens (including phenoxy) is 1. The van der Waals surface area contributed by atoms with Gasteiger partial charge in [0.25, 0.3) is 0 Å². The van der Waals surface area contributed by atoms with Crippen LogP contribution in [0.4, 0.5) is 4.79 Å². The van der Waals surface area contributed by atoms with Crippen LogP contribution in [0, 0.1) is 5.92 Å². The standard InChI is InChI=1S/C26H28N2O5S/c29-24(28-11-12-34-23(14-28)25(30)31)16-9-10-17(13-16)27-26(32)33-15-22-20-7-3-1-5-18(20)19-6-2-4-8-21(19)22/h1-8,16-17,22-23H,9-15H2,(H,27,32)(H,30,31)/t16-,17+,23?/m1/s1. The highest BCUT2D eigenvalue weighted by Gasteiger charge is 2.37. The average Bonchev–Trinajstić information content (AvgIpc) is 3.45. The van der Waals surface area contributed by atoms with Crippen molar-refractivity contribution < 1.29 is 24.2 Å². The quantitative estimate of drug-likeness (QED) is 0.677. The second-order valence-corrected chi connectivity index (χ2v) is 10.5. The summed E-state index contributed by atoms with van der Waals surface area (Å²) in [5.41, 5.74) is 4.71. The van der Waals surface area contributed by atoms with Gasteiger partial charge in [-0.25, -0.2) is 4.79 Å². The van der Waals surface area contributed by atoms with Crippen molar-refractivity contribution in [3.63, 3.8) is 0 Å². The number of carboxylic acid groups (broad SMARTS) is 1. The molecule has 7 nitrogen and oxygen atoms in total. The molecule has 1 aliphatic heterocycles. The first-order valence-electron chi connectivity index (χ1n) is 11.8. The maximum Gasteiger partial charge on any atom is 0.407 e. The van der Waals surface area contributed by atoms with Crippen LogP contribution in [0.25, 0.3) is 11.1 Å². The van der Waals surface area contributed by atoms with Crippen molar-refractivity contribution in [2.24, 2.45) is 5.92 Å². The Kier molecular flexibility index (Phi) is 6.50. The number of fused-ring (bicyclic) bond motifs is 3. The third-order valence-corrected chi connectivity index (χ3v) is 8.27. The Balaban J connectivity index is 1.14. The van der Waals surface area contributed by atoms with Crippen LogP contribution in [0.1, 0.15) is 36.3 Å². The number of carbonyl (C=O) groups excluding carboxylic acids is 2. The van der Waals surface area contributed by atoms with Crippen LogP contribution >= 0.6 is 11.8 Å². The zero-order valence-corrected chi connectivity index (χ0v) is 19.6. The molecular weight excluding hydrogens is 452 g/mol. The van der Waals surface area contributed by atoms with E-state index in [0.29, 0.717) is 31.6 Å². The van der Waals surface area contributed by atoms with Crippen LogP contribution in [0.2, 0.25) is 0 Å². The summed E-state index contributed by atoms with van der Waals surface area (Å²) in [5, 5.41) is 11.6. The molecule has 1 saturated heterocycles. The number of hydrogen-bond donors (Lipinski definition) is 2. The van der Waals surface area contributed by atoms with Gasteiger partial charge >= 0.3 is 12.1 Å². The van der Waals surface area contributed by atoms with Gasteiger partial charge in [-0.15, -0.1) is 11.8 Å². The Bertz CT molecular complexity index is 1060. The molecule has 1 heterocycles. The molecule has 2 aromatic rings. The summed E-state index contributed by atoms with van der Waals surface area (Å²) in [5.74, 6) is -0.407. The fourth-order valence-electron chi connectivity index (χ4n) is 5.40. The summed E-state index contributed by atoms with van der Waals surface area (Å²) in [6.45, 7) is 1.09. The highest BCUT2D eigenvalue weighted by atomic mass is 32.2. The zero-order chi connectivity index (χ0) is 23.7. The van der Waals surface area contributed by atoms with E-state index in [1.807, 2.05) is 24.3 Å². The number of carboxylic acids is 1. The molecule has 0 aromatic heterocycles. The Morgan fingerprint density at radius 3 is 2.38 bits per heavy atom. The van der Waals surface area contributed by atoms with E-state index in [1.54, 1.807) is 4.90 Å². The monoisotopic (exact) mass is 480 g/mol. The summed E-state index contributed by atoms with van der Waals surface area (Å²) in [7, 11) is 0. The number of alkyl carbamates (subject to hydrolysis) is 1. The number of rotatable bonds is 5. The van der Waals surface area contributed by atoms with Crippen molar-refractivity contribution in [1.29, 1.82) is 0 Å². The molecule has 1 unspecified atom stereocenters. The molecule has 2 aliphatic carbocycles. The van der Waals surface area contributed by atoms with Gasteiger partial charge in [0.15, 0.2) is 0 Å². The number of aliphatic carboxylic acids is 1. The second-order valence-electron chi connectivity index (χ2n) is 9.16. The first-order chi connectivity index (χ1) is 16.5. The van der Waals surface area contributed by atoms with E-state index in [2.05, 4.69) is 29.6 Å². The number of amides is 2. The van der Waals surface area contributed by atoms with Crippen LogP contribution in [0.5, 0.6) is 0 Å². The molecule has 1 saturated carbocycles. The summed E-state index contributed by atoms with van der Waals surface area (Å²) >= 11 is 1.38. The van der Waals surface area contributed by atoms with Gasteiger partial charge in [-0.1, -0.05) is 48.5 Å². The van der Waals surface area contributed by atoms with Crippen molar-refractivity contribution >= 4 is 29.7 Å². The fourth-order valence-corrected chi connectivity index (χ4v) is 6.44.